The van der Waals surface area contributed by atoms with Crippen molar-refractivity contribution < 1.29 is 13.2 Å². The van der Waals surface area contributed by atoms with Crippen molar-refractivity contribution in [3.8, 4) is 0 Å². The van der Waals surface area contributed by atoms with Crippen molar-refractivity contribution in [3.05, 3.63) is 30.2 Å². The van der Waals surface area contributed by atoms with E-state index in [4.69, 9.17) is 0 Å². The number of carbonyl (C=O) groups excluding carboxylic acids is 1. The van der Waals surface area contributed by atoms with Crippen molar-refractivity contribution >= 4 is 21.7 Å². The molecule has 3 heterocycles. The van der Waals surface area contributed by atoms with Gasteiger partial charge < -0.3 is 9.88 Å². The van der Waals surface area contributed by atoms with Gasteiger partial charge in [0, 0.05) is 38.1 Å². The molecule has 0 spiro atoms. The molecule has 0 aliphatic carbocycles. The number of anilines is 1. The van der Waals surface area contributed by atoms with E-state index in [1.54, 1.807) is 21.8 Å². The van der Waals surface area contributed by atoms with E-state index in [2.05, 4.69) is 14.8 Å². The molecular weight excluding hydrogens is 330 g/mol. The molecule has 0 bridgehead atoms. The zero-order chi connectivity index (χ0) is 17.2. The maximum Gasteiger partial charge on any atom is 0.270 e. The Morgan fingerprint density at radius 1 is 1.38 bits per heavy atom. The van der Waals surface area contributed by atoms with Gasteiger partial charge in [-0.2, -0.15) is 5.10 Å². The third-order valence-electron chi connectivity index (χ3n) is 3.92. The largest absolute Gasteiger partial charge is 0.356 e. The van der Waals surface area contributed by atoms with Crippen LogP contribution in [0, 0.1) is 0 Å². The number of hydrogen-bond acceptors (Lipinski definition) is 4. The summed E-state index contributed by atoms with van der Waals surface area (Å²) >= 11 is 0. The van der Waals surface area contributed by atoms with Crippen LogP contribution in [-0.4, -0.2) is 47.1 Å². The number of nitrogens with one attached hydrogen (secondary N) is 2. The molecule has 1 amide bonds. The first kappa shape index (κ1) is 16.6. The van der Waals surface area contributed by atoms with E-state index in [1.165, 1.54) is 12.3 Å². The summed E-state index contributed by atoms with van der Waals surface area (Å²) < 4.78 is 28.9. The molecule has 2 aromatic rings. The Kier molecular flexibility index (Phi) is 4.61. The smallest absolute Gasteiger partial charge is 0.270 e. The molecule has 130 valence electrons. The fourth-order valence-electron chi connectivity index (χ4n) is 2.71. The summed E-state index contributed by atoms with van der Waals surface area (Å²) in [6.45, 7) is 4.17. The third kappa shape index (κ3) is 3.45. The van der Waals surface area contributed by atoms with Gasteiger partial charge in [-0.15, -0.1) is 0 Å². The summed E-state index contributed by atoms with van der Waals surface area (Å²) in [5.41, 5.74) is 0.286. The minimum absolute atomic E-state index is 0.0232. The molecule has 1 aliphatic heterocycles. The second kappa shape index (κ2) is 6.68. The third-order valence-corrected chi connectivity index (χ3v) is 5.26. The number of aromatic nitrogens is 3. The van der Waals surface area contributed by atoms with Gasteiger partial charge in [0.25, 0.3) is 15.9 Å². The van der Waals surface area contributed by atoms with Crippen LogP contribution in [0.3, 0.4) is 0 Å². The maximum absolute atomic E-state index is 12.4. The van der Waals surface area contributed by atoms with E-state index in [-0.39, 0.29) is 22.3 Å². The second-order valence-electron chi connectivity index (χ2n) is 5.82. The topological polar surface area (TPSA) is 100 Å². The fraction of sp³-hybridized carbons (Fsp3) is 0.467. The van der Waals surface area contributed by atoms with Crippen LogP contribution < -0.4 is 4.72 Å². The maximum atomic E-state index is 12.4. The van der Waals surface area contributed by atoms with E-state index in [9.17, 15) is 13.2 Å². The van der Waals surface area contributed by atoms with Crippen LogP contribution in [-0.2, 0) is 16.6 Å². The number of H-pyrrole nitrogens is 1. The highest BCUT2D eigenvalue weighted by Gasteiger charge is 2.24. The van der Waals surface area contributed by atoms with Gasteiger partial charge in [0.15, 0.2) is 5.82 Å². The quantitative estimate of drug-likeness (QED) is 0.826. The second-order valence-corrected chi connectivity index (χ2v) is 7.50. The molecule has 2 N–H and O–H groups in total. The van der Waals surface area contributed by atoms with Crippen molar-refractivity contribution in [1.29, 1.82) is 0 Å². The average Bonchev–Trinajstić information content (AvgIpc) is 3.28. The van der Waals surface area contributed by atoms with Crippen LogP contribution in [0.5, 0.6) is 0 Å². The first-order valence-electron chi connectivity index (χ1n) is 8.03. The summed E-state index contributed by atoms with van der Waals surface area (Å²) in [7, 11) is -3.78. The molecule has 8 nitrogen and oxygen atoms in total. The highest BCUT2D eigenvalue weighted by Crippen LogP contribution is 2.18. The Bertz CT molecular complexity index is 818. The zero-order valence-electron chi connectivity index (χ0n) is 13.5. The van der Waals surface area contributed by atoms with Crippen LogP contribution >= 0.6 is 0 Å². The molecule has 0 atom stereocenters. The van der Waals surface area contributed by atoms with Crippen molar-refractivity contribution in [2.75, 3.05) is 17.8 Å². The Hall–Kier alpha value is -2.29. The van der Waals surface area contributed by atoms with E-state index in [0.29, 0.717) is 13.1 Å². The van der Waals surface area contributed by atoms with Gasteiger partial charge in [-0.3, -0.25) is 14.2 Å². The van der Waals surface area contributed by atoms with Gasteiger partial charge in [0.05, 0.1) is 0 Å². The Morgan fingerprint density at radius 2 is 2.12 bits per heavy atom. The van der Waals surface area contributed by atoms with Gasteiger partial charge in [-0.05, 0) is 25.3 Å². The Balaban J connectivity index is 1.73. The van der Waals surface area contributed by atoms with E-state index < -0.39 is 10.0 Å². The lowest BCUT2D eigenvalue weighted by Crippen LogP contribution is -2.27. The van der Waals surface area contributed by atoms with Crippen LogP contribution in [0.2, 0.25) is 0 Å². The molecule has 2 aromatic heterocycles. The summed E-state index contributed by atoms with van der Waals surface area (Å²) in [6, 6.07) is 2.97. The number of nitrogens with zero attached hydrogens (tertiary/aromatic N) is 3. The minimum Gasteiger partial charge on any atom is -0.356 e. The monoisotopic (exact) mass is 351 g/mol. The van der Waals surface area contributed by atoms with Crippen LogP contribution in [0.25, 0.3) is 0 Å². The lowest BCUT2D eigenvalue weighted by Gasteiger charge is -2.13. The Morgan fingerprint density at radius 3 is 2.83 bits per heavy atom. The number of sulfonamides is 1. The molecule has 24 heavy (non-hydrogen) atoms. The molecule has 3 rings (SSSR count). The number of aromatic amines is 1. The first-order chi connectivity index (χ1) is 11.5. The highest BCUT2D eigenvalue weighted by atomic mass is 32.2. The van der Waals surface area contributed by atoms with Crippen molar-refractivity contribution in [1.82, 2.24) is 19.7 Å². The predicted octanol–water partition coefficient (Wildman–Crippen LogP) is 1.66. The number of rotatable bonds is 6. The Labute approximate surface area is 140 Å². The predicted molar refractivity (Wildman–Crippen MR) is 89.3 cm³/mol. The summed E-state index contributed by atoms with van der Waals surface area (Å²) in [5.74, 6) is 0.0956. The molecule has 0 saturated carbocycles. The highest BCUT2D eigenvalue weighted by molar-refractivity contribution is 7.92. The van der Waals surface area contributed by atoms with Gasteiger partial charge in [-0.25, -0.2) is 8.42 Å². The first-order valence-corrected chi connectivity index (χ1v) is 9.52. The summed E-state index contributed by atoms with van der Waals surface area (Å²) in [6.07, 6.45) is 5.93. The molecular formula is C15H21N5O3S. The summed E-state index contributed by atoms with van der Waals surface area (Å²) in [4.78, 5) is 16.8. The zero-order valence-corrected chi connectivity index (χ0v) is 14.3. The van der Waals surface area contributed by atoms with Crippen molar-refractivity contribution in [3.63, 3.8) is 0 Å². The number of likely N-dealkylation sites (tertiary alicyclic amines) is 1. The molecule has 1 fully saturated rings. The average molecular weight is 351 g/mol. The van der Waals surface area contributed by atoms with Crippen LogP contribution in [0.4, 0.5) is 5.82 Å². The van der Waals surface area contributed by atoms with E-state index >= 15 is 0 Å². The van der Waals surface area contributed by atoms with Crippen LogP contribution in [0.15, 0.2) is 29.4 Å². The molecule has 1 saturated heterocycles. The fourth-order valence-corrected chi connectivity index (χ4v) is 3.70. The van der Waals surface area contributed by atoms with Crippen LogP contribution in [0.1, 0.15) is 36.7 Å². The number of carbonyl (C=O) groups is 1. The minimum atomic E-state index is -3.78. The molecule has 0 radical (unpaired) electrons. The molecule has 0 unspecified atom stereocenters. The number of amides is 1. The normalized spacial score (nSPS) is 15.0. The SMILES string of the molecule is CCCn1ccc(NS(=O)(=O)c2c[nH]c(C(=O)N3CCCC3)c2)n1. The van der Waals surface area contributed by atoms with E-state index in [1.807, 2.05) is 6.92 Å². The molecule has 9 heteroatoms. The lowest BCUT2D eigenvalue weighted by molar-refractivity contribution is 0.0787. The van der Waals surface area contributed by atoms with Gasteiger partial charge in [0.1, 0.15) is 10.6 Å². The lowest BCUT2D eigenvalue weighted by atomic mass is 10.4. The van der Waals surface area contributed by atoms with Gasteiger partial charge in [-0.1, -0.05) is 6.92 Å². The molecule has 0 aromatic carbocycles. The van der Waals surface area contributed by atoms with Gasteiger partial charge in [0.2, 0.25) is 0 Å². The molecule has 1 aliphatic rings. The van der Waals surface area contributed by atoms with Gasteiger partial charge >= 0.3 is 0 Å². The van der Waals surface area contributed by atoms with Crippen molar-refractivity contribution in [2.24, 2.45) is 0 Å². The standard InChI is InChI=1S/C15H21N5O3S/c1-2-6-20-9-5-14(17-20)18-24(22,23)12-10-13(16-11-12)15(21)19-7-3-4-8-19/h5,9-11,16H,2-4,6-8H2,1H3,(H,17,18). The van der Waals surface area contributed by atoms with Crippen molar-refractivity contribution in [2.45, 2.75) is 37.6 Å². The number of hydrogen-bond donors (Lipinski definition) is 2. The van der Waals surface area contributed by atoms with E-state index in [0.717, 1.165) is 25.8 Å². The number of aryl methyl sites for hydroxylation is 1. The summed E-state index contributed by atoms with van der Waals surface area (Å²) in [5, 5.41) is 4.16.